The Morgan fingerprint density at radius 2 is 2.00 bits per heavy atom. The fraction of sp³-hybridized carbons (Fsp3) is 0. The van der Waals surface area contributed by atoms with Gasteiger partial charge in [-0.25, -0.2) is 0 Å². The van der Waals surface area contributed by atoms with E-state index in [-0.39, 0.29) is 11.7 Å². The van der Waals surface area contributed by atoms with Gasteiger partial charge >= 0.3 is 0 Å². The number of aldehydes is 1. The summed E-state index contributed by atoms with van der Waals surface area (Å²) in [7, 11) is 0. The summed E-state index contributed by atoms with van der Waals surface area (Å²) in [6.07, 6.45) is 0.624. The van der Waals surface area contributed by atoms with Gasteiger partial charge in [0.25, 0.3) is 5.95 Å². The Kier molecular flexibility index (Phi) is 2.78. The molecule has 15 heavy (non-hydrogen) atoms. The van der Waals surface area contributed by atoms with E-state index in [4.69, 9.17) is 9.15 Å². The van der Waals surface area contributed by atoms with Gasteiger partial charge in [-0.3, -0.25) is 4.79 Å². The summed E-state index contributed by atoms with van der Waals surface area (Å²) in [5, 5.41) is 0. The van der Waals surface area contributed by atoms with Crippen molar-refractivity contribution in [2.24, 2.45) is 0 Å². The quantitative estimate of drug-likeness (QED) is 0.638. The zero-order chi connectivity index (χ0) is 10.7. The summed E-state index contributed by atoms with van der Waals surface area (Å²) < 4.78 is 10.5. The summed E-state index contributed by atoms with van der Waals surface area (Å²) >= 11 is 4.22. The molecular formula is C11H8O3S. The van der Waals surface area contributed by atoms with E-state index in [9.17, 15) is 4.79 Å². The second-order valence-electron chi connectivity index (χ2n) is 2.84. The van der Waals surface area contributed by atoms with Gasteiger partial charge in [-0.05, 0) is 18.2 Å². The highest BCUT2D eigenvalue weighted by Gasteiger charge is 2.05. The van der Waals surface area contributed by atoms with Crippen LogP contribution < -0.4 is 4.74 Å². The van der Waals surface area contributed by atoms with Gasteiger partial charge in [-0.2, -0.15) is 0 Å². The fourth-order valence-electron chi connectivity index (χ4n) is 1.10. The number of benzene rings is 1. The van der Waals surface area contributed by atoms with Crippen molar-refractivity contribution >= 4 is 18.9 Å². The van der Waals surface area contributed by atoms with Crippen LogP contribution in [0.1, 0.15) is 10.6 Å². The molecule has 0 radical (unpaired) electrons. The van der Waals surface area contributed by atoms with Gasteiger partial charge in [0.05, 0.1) is 0 Å². The van der Waals surface area contributed by atoms with Crippen molar-refractivity contribution in [2.45, 2.75) is 4.90 Å². The molecule has 0 unspecified atom stereocenters. The Labute approximate surface area is 92.1 Å². The summed E-state index contributed by atoms with van der Waals surface area (Å²) in [5.41, 5.74) is 0. The van der Waals surface area contributed by atoms with Crippen LogP contribution in [0, 0.1) is 0 Å². The molecule has 0 saturated heterocycles. The van der Waals surface area contributed by atoms with Gasteiger partial charge in [0.1, 0.15) is 5.75 Å². The van der Waals surface area contributed by atoms with Crippen LogP contribution in [0.5, 0.6) is 11.7 Å². The second-order valence-corrected chi connectivity index (χ2v) is 3.33. The molecule has 3 nitrogen and oxygen atoms in total. The van der Waals surface area contributed by atoms with Crippen molar-refractivity contribution in [1.29, 1.82) is 0 Å². The maximum absolute atomic E-state index is 10.4. The molecule has 2 rings (SSSR count). The van der Waals surface area contributed by atoms with Crippen LogP contribution in [-0.2, 0) is 0 Å². The standard InChI is InChI=1S/C11H8O3S/c12-7-8-5-6-11(13-8)14-9-3-1-2-4-10(9)15/h1-7,15H. The van der Waals surface area contributed by atoms with E-state index in [0.717, 1.165) is 0 Å². The predicted octanol–water partition coefficient (Wildman–Crippen LogP) is 3.17. The van der Waals surface area contributed by atoms with Crippen molar-refractivity contribution in [3.05, 3.63) is 42.2 Å². The molecule has 1 aromatic heterocycles. The third-order valence-electron chi connectivity index (χ3n) is 1.79. The molecule has 0 atom stereocenters. The minimum Gasteiger partial charge on any atom is -0.425 e. The molecule has 1 aromatic carbocycles. The van der Waals surface area contributed by atoms with Crippen LogP contribution in [0.3, 0.4) is 0 Å². The Morgan fingerprint density at radius 3 is 2.67 bits per heavy atom. The van der Waals surface area contributed by atoms with Crippen LogP contribution in [0.4, 0.5) is 0 Å². The molecule has 0 saturated carbocycles. The maximum Gasteiger partial charge on any atom is 0.290 e. The molecule has 0 spiro atoms. The zero-order valence-electron chi connectivity index (χ0n) is 7.71. The van der Waals surface area contributed by atoms with Gasteiger partial charge in [0.15, 0.2) is 12.0 Å². The van der Waals surface area contributed by atoms with Gasteiger partial charge in [-0.1, -0.05) is 12.1 Å². The first-order valence-electron chi connectivity index (χ1n) is 4.30. The minimum absolute atomic E-state index is 0.238. The molecule has 1 heterocycles. The predicted molar refractivity (Wildman–Crippen MR) is 57.9 cm³/mol. The lowest BCUT2D eigenvalue weighted by molar-refractivity contribution is 0.109. The summed E-state index contributed by atoms with van der Waals surface area (Å²) in [6, 6.07) is 10.4. The molecule has 0 N–H and O–H groups in total. The number of thiol groups is 1. The number of ether oxygens (including phenoxy) is 1. The van der Waals surface area contributed by atoms with Crippen molar-refractivity contribution in [3.63, 3.8) is 0 Å². The second kappa shape index (κ2) is 4.23. The molecule has 0 aliphatic heterocycles. The number of hydrogen-bond donors (Lipinski definition) is 1. The summed E-state index contributed by atoms with van der Waals surface area (Å²) in [5.74, 6) is 1.10. The molecule has 4 heteroatoms. The number of furan rings is 1. The van der Waals surface area contributed by atoms with Gasteiger partial charge < -0.3 is 9.15 Å². The largest absolute Gasteiger partial charge is 0.425 e. The highest BCUT2D eigenvalue weighted by molar-refractivity contribution is 7.80. The van der Waals surface area contributed by atoms with Crippen LogP contribution >= 0.6 is 12.6 Å². The van der Waals surface area contributed by atoms with Crippen molar-refractivity contribution in [3.8, 4) is 11.7 Å². The number of para-hydroxylation sites is 1. The molecule has 0 aliphatic rings. The number of rotatable bonds is 3. The van der Waals surface area contributed by atoms with E-state index in [1.807, 2.05) is 18.2 Å². The molecule has 0 fully saturated rings. The number of carbonyl (C=O) groups is 1. The lowest BCUT2D eigenvalue weighted by Gasteiger charge is -2.03. The van der Waals surface area contributed by atoms with Gasteiger partial charge in [-0.15, -0.1) is 12.6 Å². The van der Waals surface area contributed by atoms with Crippen LogP contribution in [0.15, 0.2) is 45.7 Å². The molecule has 2 aromatic rings. The Hall–Kier alpha value is -1.68. The lowest BCUT2D eigenvalue weighted by Crippen LogP contribution is -1.82. The van der Waals surface area contributed by atoms with E-state index in [1.165, 1.54) is 0 Å². The third kappa shape index (κ3) is 2.22. The minimum atomic E-state index is 0.238. The van der Waals surface area contributed by atoms with E-state index in [1.54, 1.807) is 18.2 Å². The van der Waals surface area contributed by atoms with Gasteiger partial charge in [0, 0.05) is 11.0 Å². The smallest absolute Gasteiger partial charge is 0.290 e. The van der Waals surface area contributed by atoms with Crippen molar-refractivity contribution in [2.75, 3.05) is 0 Å². The first-order valence-corrected chi connectivity index (χ1v) is 4.75. The Morgan fingerprint density at radius 1 is 1.20 bits per heavy atom. The molecule has 76 valence electrons. The SMILES string of the molecule is O=Cc1ccc(Oc2ccccc2S)o1. The third-order valence-corrected chi connectivity index (χ3v) is 2.16. The topological polar surface area (TPSA) is 39.4 Å². The fourth-order valence-corrected chi connectivity index (χ4v) is 1.31. The molecule has 0 bridgehead atoms. The highest BCUT2D eigenvalue weighted by Crippen LogP contribution is 2.28. The lowest BCUT2D eigenvalue weighted by atomic mass is 10.3. The Bertz CT molecular complexity index is 476. The summed E-state index contributed by atoms with van der Waals surface area (Å²) in [6.45, 7) is 0. The molecule has 0 aliphatic carbocycles. The molecular weight excluding hydrogens is 212 g/mol. The molecule has 0 amide bonds. The highest BCUT2D eigenvalue weighted by atomic mass is 32.1. The average Bonchev–Trinajstić information content (AvgIpc) is 2.69. The number of carbonyl (C=O) groups excluding carboxylic acids is 1. The maximum atomic E-state index is 10.4. The summed E-state index contributed by atoms with van der Waals surface area (Å²) in [4.78, 5) is 11.1. The first-order chi connectivity index (χ1) is 7.29. The zero-order valence-corrected chi connectivity index (χ0v) is 8.61. The van der Waals surface area contributed by atoms with Crippen molar-refractivity contribution < 1.29 is 13.9 Å². The Balaban J connectivity index is 2.22. The van der Waals surface area contributed by atoms with Crippen molar-refractivity contribution in [1.82, 2.24) is 0 Å². The van der Waals surface area contributed by atoms with E-state index in [0.29, 0.717) is 16.9 Å². The van der Waals surface area contributed by atoms with E-state index in [2.05, 4.69) is 12.6 Å². The first kappa shape index (κ1) is 9.86. The van der Waals surface area contributed by atoms with E-state index >= 15 is 0 Å². The van der Waals surface area contributed by atoms with Crippen LogP contribution in [0.25, 0.3) is 0 Å². The monoisotopic (exact) mass is 220 g/mol. The van der Waals surface area contributed by atoms with E-state index < -0.39 is 0 Å². The normalized spacial score (nSPS) is 9.93. The average molecular weight is 220 g/mol. The van der Waals surface area contributed by atoms with Crippen LogP contribution in [0.2, 0.25) is 0 Å². The van der Waals surface area contributed by atoms with Crippen LogP contribution in [-0.4, -0.2) is 6.29 Å². The van der Waals surface area contributed by atoms with Gasteiger partial charge in [0.2, 0.25) is 0 Å². The number of hydrogen-bond acceptors (Lipinski definition) is 4.